The Kier molecular flexibility index (Phi) is 8.36. The van der Waals surface area contributed by atoms with Gasteiger partial charge in [-0.25, -0.2) is 0 Å². The molecule has 12 rings (SSSR count). The molecule has 0 radical (unpaired) electrons. The molecule has 11 aromatic rings. The molecule has 0 atom stereocenters. The van der Waals surface area contributed by atoms with Crippen LogP contribution in [0.3, 0.4) is 0 Å². The average Bonchev–Trinajstić information content (AvgIpc) is 3.87. The van der Waals surface area contributed by atoms with E-state index in [-0.39, 0.29) is 0 Å². The lowest BCUT2D eigenvalue weighted by atomic mass is 10.1. The number of fused-ring (bicyclic) bond motifs is 12. The highest BCUT2D eigenvalue weighted by atomic mass is 79.9. The van der Waals surface area contributed by atoms with Crippen LogP contribution in [0.1, 0.15) is 0 Å². The van der Waals surface area contributed by atoms with Gasteiger partial charge in [0.15, 0.2) is 8.07 Å². The molecule has 61 heavy (non-hydrogen) atoms. The number of rotatable bonds is 4. The van der Waals surface area contributed by atoms with Crippen LogP contribution in [0.5, 0.6) is 0 Å². The van der Waals surface area contributed by atoms with Gasteiger partial charge in [-0.05, 0) is 109 Å². The normalized spacial score (nSPS) is 13.5. The number of nitrogens with zero attached hydrogens (tertiary/aromatic N) is 2. The Morgan fingerprint density at radius 2 is 0.754 bits per heavy atom. The molecule has 0 fully saturated rings. The zero-order valence-corrected chi connectivity index (χ0v) is 35.9. The topological polar surface area (TPSA) is 32.8 Å². The molecule has 2 aromatic heterocycles. The minimum Gasteiger partial charge on any atom is -0.456 e. The van der Waals surface area contributed by atoms with Crippen LogP contribution >= 0.6 is 27.5 Å². The van der Waals surface area contributed by atoms with Crippen molar-refractivity contribution in [3.63, 3.8) is 0 Å². The first-order valence-electron chi connectivity index (χ1n) is 20.3. The Labute approximate surface area is 366 Å². The molecular formula is C54H34BrClN2O2Si. The third-order valence-corrected chi connectivity index (χ3v) is 18.0. The number of benzene rings is 9. The van der Waals surface area contributed by atoms with Crippen LogP contribution in [-0.2, 0) is 0 Å². The van der Waals surface area contributed by atoms with Gasteiger partial charge in [0.2, 0.25) is 0 Å². The molecule has 6 bridgehead atoms. The van der Waals surface area contributed by atoms with Crippen LogP contribution in [0, 0.1) is 0 Å². The first kappa shape index (κ1) is 36.1. The van der Waals surface area contributed by atoms with Crippen molar-refractivity contribution in [2.75, 3.05) is 9.80 Å². The van der Waals surface area contributed by atoms with Crippen molar-refractivity contribution in [3.05, 3.63) is 216 Å². The van der Waals surface area contributed by atoms with E-state index in [0.717, 1.165) is 82.5 Å². The number of hydrogen-bond acceptors (Lipinski definition) is 4. The molecule has 1 aliphatic rings. The SMILES string of the molecule is Clc1cc2c(Br)c(c1)N(c1ccc3c(c1)oc1ccccc13)c1cccc(c1)[Si](c1ccccc1)(c1ccccc1)c1cccc(c1)N2c1ccc2c(c1)oc1ccccc12. The quantitative estimate of drug-likeness (QED) is 0.165. The summed E-state index contributed by atoms with van der Waals surface area (Å²) in [5.41, 5.74) is 8.98. The van der Waals surface area contributed by atoms with E-state index in [2.05, 4.69) is 196 Å². The Morgan fingerprint density at radius 1 is 0.361 bits per heavy atom. The first-order valence-corrected chi connectivity index (χ1v) is 23.5. The standard InChI is InChI=1S/C54H34BrClN2O2Si/c55-54-48-29-35(56)30-49(54)58(39-26-28-47-45-22-8-10-24-51(45)60-53(47)34-39)37-14-12-20-43(32-37)61(40-15-3-1-4-16-40,41-17-5-2-6-18-41)42-19-11-13-36(31-42)57(48)38-25-27-46-44-21-7-9-23-50(44)59-52(46)33-38/h1-34H. The molecule has 0 aliphatic carbocycles. The summed E-state index contributed by atoms with van der Waals surface area (Å²) in [5.74, 6) is 0. The average molecular weight is 886 g/mol. The van der Waals surface area contributed by atoms with Gasteiger partial charge in [-0.2, -0.15) is 0 Å². The van der Waals surface area contributed by atoms with Gasteiger partial charge < -0.3 is 18.6 Å². The summed E-state index contributed by atoms with van der Waals surface area (Å²) in [7, 11) is -3.02. The molecule has 4 nitrogen and oxygen atoms in total. The van der Waals surface area contributed by atoms with Gasteiger partial charge in [0.1, 0.15) is 22.3 Å². The summed E-state index contributed by atoms with van der Waals surface area (Å²) in [6.07, 6.45) is 0. The zero-order chi connectivity index (χ0) is 40.7. The van der Waals surface area contributed by atoms with Crippen molar-refractivity contribution in [3.8, 4) is 0 Å². The van der Waals surface area contributed by atoms with Crippen molar-refractivity contribution >= 4 is 134 Å². The largest absolute Gasteiger partial charge is 0.456 e. The second-order valence-electron chi connectivity index (χ2n) is 15.6. The molecule has 3 heterocycles. The molecule has 0 saturated heterocycles. The molecule has 0 amide bonds. The van der Waals surface area contributed by atoms with Gasteiger partial charge in [-0.3, -0.25) is 0 Å². The highest BCUT2D eigenvalue weighted by Crippen LogP contribution is 2.49. The number of furan rings is 2. The van der Waals surface area contributed by atoms with Gasteiger partial charge >= 0.3 is 0 Å². The molecule has 0 spiro atoms. The number of hydrogen-bond donors (Lipinski definition) is 0. The predicted octanol–water partition coefficient (Wildman–Crippen LogP) is 13.5. The fraction of sp³-hybridized carbons (Fsp3) is 0. The van der Waals surface area contributed by atoms with E-state index in [1.165, 1.54) is 20.7 Å². The molecular weight excluding hydrogens is 852 g/mol. The van der Waals surface area contributed by atoms with Crippen LogP contribution in [0.2, 0.25) is 5.02 Å². The van der Waals surface area contributed by atoms with Gasteiger partial charge in [0.05, 0.1) is 15.8 Å². The van der Waals surface area contributed by atoms with E-state index in [1.54, 1.807) is 0 Å². The number of anilines is 6. The lowest BCUT2D eigenvalue weighted by molar-refractivity contribution is 0.668. The summed E-state index contributed by atoms with van der Waals surface area (Å²) < 4.78 is 13.9. The fourth-order valence-corrected chi connectivity index (χ4v) is 15.2. The van der Waals surface area contributed by atoms with Gasteiger partial charge in [-0.1, -0.05) is 133 Å². The van der Waals surface area contributed by atoms with Crippen molar-refractivity contribution < 1.29 is 8.83 Å². The van der Waals surface area contributed by atoms with Crippen LogP contribution in [0.15, 0.2) is 220 Å². The summed E-state index contributed by atoms with van der Waals surface area (Å²) in [4.78, 5) is 4.61. The fourth-order valence-electron chi connectivity index (χ4n) is 9.58. The molecule has 9 aromatic carbocycles. The second kappa shape index (κ2) is 14.1. The predicted molar refractivity (Wildman–Crippen MR) is 260 cm³/mol. The Hall–Kier alpha value is -6.83. The third-order valence-electron chi connectivity index (χ3n) is 12.2. The maximum atomic E-state index is 7.30. The second-order valence-corrected chi connectivity index (χ2v) is 20.6. The zero-order valence-electron chi connectivity index (χ0n) is 32.6. The van der Waals surface area contributed by atoms with Gasteiger partial charge in [0.25, 0.3) is 0 Å². The first-order chi connectivity index (χ1) is 30.0. The van der Waals surface area contributed by atoms with Crippen molar-refractivity contribution in [2.45, 2.75) is 0 Å². The van der Waals surface area contributed by atoms with Crippen LogP contribution in [-0.4, -0.2) is 8.07 Å². The molecule has 0 unspecified atom stereocenters. The van der Waals surface area contributed by atoms with Gasteiger partial charge in [0, 0.05) is 61.4 Å². The lowest BCUT2D eigenvalue weighted by Crippen LogP contribution is -2.74. The van der Waals surface area contributed by atoms with Crippen LogP contribution in [0.25, 0.3) is 43.9 Å². The number of para-hydroxylation sites is 2. The van der Waals surface area contributed by atoms with Crippen LogP contribution in [0.4, 0.5) is 34.1 Å². The van der Waals surface area contributed by atoms with Crippen molar-refractivity contribution in [1.82, 2.24) is 0 Å². The Balaban J connectivity index is 1.21. The highest BCUT2D eigenvalue weighted by molar-refractivity contribution is 9.10. The molecule has 7 heteroatoms. The Bertz CT molecular complexity index is 3270. The molecule has 0 N–H and O–H groups in total. The van der Waals surface area contributed by atoms with E-state index in [9.17, 15) is 0 Å². The van der Waals surface area contributed by atoms with Gasteiger partial charge in [-0.15, -0.1) is 0 Å². The monoisotopic (exact) mass is 884 g/mol. The summed E-state index contributed by atoms with van der Waals surface area (Å²) >= 11 is 11.5. The minimum atomic E-state index is -3.02. The summed E-state index contributed by atoms with van der Waals surface area (Å²) in [5, 5.41) is 10.0. The van der Waals surface area contributed by atoms with E-state index < -0.39 is 8.07 Å². The third kappa shape index (κ3) is 5.64. The maximum absolute atomic E-state index is 7.30. The van der Waals surface area contributed by atoms with E-state index >= 15 is 0 Å². The van der Waals surface area contributed by atoms with E-state index in [4.69, 9.17) is 20.4 Å². The van der Waals surface area contributed by atoms with Crippen molar-refractivity contribution in [2.24, 2.45) is 0 Å². The van der Waals surface area contributed by atoms with E-state index in [0.29, 0.717) is 5.02 Å². The Morgan fingerprint density at radius 3 is 1.23 bits per heavy atom. The minimum absolute atomic E-state index is 0.597. The maximum Gasteiger partial charge on any atom is 0.179 e. The van der Waals surface area contributed by atoms with E-state index in [1.807, 2.05) is 36.4 Å². The number of halogens is 2. The van der Waals surface area contributed by atoms with Crippen LogP contribution < -0.4 is 30.5 Å². The molecule has 0 saturated carbocycles. The molecule has 1 aliphatic heterocycles. The summed E-state index contributed by atoms with van der Waals surface area (Å²) in [6, 6.07) is 73.9. The van der Waals surface area contributed by atoms with Crippen molar-refractivity contribution in [1.29, 1.82) is 0 Å². The smallest absolute Gasteiger partial charge is 0.179 e. The summed E-state index contributed by atoms with van der Waals surface area (Å²) in [6.45, 7) is 0. The molecule has 290 valence electrons. The highest BCUT2D eigenvalue weighted by Gasteiger charge is 2.42. The lowest BCUT2D eigenvalue weighted by Gasteiger charge is -2.38.